The van der Waals surface area contributed by atoms with Gasteiger partial charge in [-0.25, -0.2) is 4.39 Å². The maximum absolute atomic E-state index is 14.0. The van der Waals surface area contributed by atoms with Gasteiger partial charge in [-0.15, -0.1) is 0 Å². The van der Waals surface area contributed by atoms with E-state index in [0.29, 0.717) is 6.54 Å². The van der Waals surface area contributed by atoms with E-state index in [9.17, 15) is 4.39 Å². The predicted molar refractivity (Wildman–Crippen MR) is 79.4 cm³/mol. The number of piperidine rings is 1. The Morgan fingerprint density at radius 1 is 1.33 bits per heavy atom. The molecule has 0 amide bonds. The quantitative estimate of drug-likeness (QED) is 0.829. The lowest BCUT2D eigenvalue weighted by Crippen LogP contribution is -2.41. The Kier molecular flexibility index (Phi) is 3.62. The summed E-state index contributed by atoms with van der Waals surface area (Å²) in [5.74, 6) is 0. The number of hydrogen-bond acceptors (Lipinski definition) is 4. The van der Waals surface area contributed by atoms with Crippen molar-refractivity contribution in [2.75, 3.05) is 13.1 Å². The van der Waals surface area contributed by atoms with Gasteiger partial charge in [0, 0.05) is 24.4 Å². The van der Waals surface area contributed by atoms with Gasteiger partial charge in [-0.05, 0) is 40.7 Å². The summed E-state index contributed by atoms with van der Waals surface area (Å²) in [7, 11) is -0.441. The molecule has 7 heteroatoms. The normalized spacial score (nSPS) is 31.6. The van der Waals surface area contributed by atoms with Gasteiger partial charge in [0.2, 0.25) is 0 Å². The molecule has 21 heavy (non-hydrogen) atoms. The molecule has 0 spiro atoms. The first-order valence-corrected chi connectivity index (χ1v) is 7.55. The predicted octanol–water partition coefficient (Wildman–Crippen LogP) is 1.05. The summed E-state index contributed by atoms with van der Waals surface area (Å²) in [6, 6.07) is -0.206. The molecule has 1 N–H and O–H groups in total. The van der Waals surface area contributed by atoms with Gasteiger partial charge in [0.15, 0.2) is 0 Å². The Balaban J connectivity index is 1.77. The molecule has 1 aromatic rings. The highest BCUT2D eigenvalue weighted by molar-refractivity contribution is 6.61. The Hall–Kier alpha value is -0.915. The summed E-state index contributed by atoms with van der Waals surface area (Å²) >= 11 is 0. The molecule has 1 aromatic heterocycles. The van der Waals surface area contributed by atoms with Crippen LogP contribution in [-0.4, -0.2) is 47.4 Å². The maximum atomic E-state index is 14.0. The third-order valence-corrected chi connectivity index (χ3v) is 4.86. The van der Waals surface area contributed by atoms with Crippen molar-refractivity contribution in [3.05, 3.63) is 12.4 Å². The average molecular weight is 295 g/mol. The monoisotopic (exact) mass is 295 g/mol. The molecular weight excluding hydrogens is 272 g/mol. The standard InChI is InChI=1S/C14H23BFN3O2/c1-13(2)14(3,4)21-15(20-13)10-7-18-19(9-10)12-5-6-17-8-11(12)16/h7,9,11-12,17H,5-6,8H2,1-4H3. The van der Waals surface area contributed by atoms with Crippen LogP contribution in [0.25, 0.3) is 0 Å². The molecule has 0 aromatic carbocycles. The van der Waals surface area contributed by atoms with Gasteiger partial charge in [0.25, 0.3) is 0 Å². The number of nitrogens with zero attached hydrogens (tertiary/aromatic N) is 2. The second kappa shape index (κ2) is 5.07. The van der Waals surface area contributed by atoms with Crippen LogP contribution in [0.4, 0.5) is 4.39 Å². The summed E-state index contributed by atoms with van der Waals surface area (Å²) in [6.07, 6.45) is 3.40. The van der Waals surface area contributed by atoms with Crippen molar-refractivity contribution in [3.63, 3.8) is 0 Å². The van der Waals surface area contributed by atoms with E-state index in [0.717, 1.165) is 18.4 Å². The molecule has 0 bridgehead atoms. The van der Waals surface area contributed by atoms with Crippen LogP contribution in [0.5, 0.6) is 0 Å². The molecule has 2 aliphatic heterocycles. The summed E-state index contributed by atoms with van der Waals surface area (Å²) in [4.78, 5) is 0. The number of halogens is 1. The number of hydrogen-bond donors (Lipinski definition) is 1. The molecule has 3 rings (SSSR count). The van der Waals surface area contributed by atoms with Crippen LogP contribution in [0.15, 0.2) is 12.4 Å². The summed E-state index contributed by atoms with van der Waals surface area (Å²) in [5.41, 5.74) is 0.0910. The van der Waals surface area contributed by atoms with Crippen molar-refractivity contribution in [1.29, 1.82) is 0 Å². The van der Waals surface area contributed by atoms with Gasteiger partial charge < -0.3 is 14.6 Å². The molecule has 116 valence electrons. The average Bonchev–Trinajstić information content (AvgIpc) is 2.94. The Bertz CT molecular complexity index is 504. The third-order valence-electron chi connectivity index (χ3n) is 4.86. The second-order valence-corrected chi connectivity index (χ2v) is 6.92. The first-order valence-electron chi connectivity index (χ1n) is 7.55. The summed E-state index contributed by atoms with van der Waals surface area (Å²) in [5, 5.41) is 7.37. The van der Waals surface area contributed by atoms with E-state index in [1.807, 2.05) is 33.9 Å². The number of rotatable bonds is 2. The lowest BCUT2D eigenvalue weighted by Gasteiger charge is -2.32. The van der Waals surface area contributed by atoms with E-state index in [2.05, 4.69) is 10.4 Å². The van der Waals surface area contributed by atoms with E-state index in [4.69, 9.17) is 9.31 Å². The summed E-state index contributed by atoms with van der Waals surface area (Å²) in [6.45, 7) is 9.26. The number of nitrogens with one attached hydrogen (secondary N) is 1. The van der Waals surface area contributed by atoms with Crippen LogP contribution in [0.1, 0.15) is 40.2 Å². The van der Waals surface area contributed by atoms with Crippen molar-refractivity contribution >= 4 is 12.6 Å². The van der Waals surface area contributed by atoms with E-state index in [1.54, 1.807) is 10.9 Å². The molecule has 0 radical (unpaired) electrons. The zero-order valence-electron chi connectivity index (χ0n) is 13.1. The van der Waals surface area contributed by atoms with Crippen LogP contribution in [0.2, 0.25) is 0 Å². The van der Waals surface area contributed by atoms with Crippen molar-refractivity contribution in [2.45, 2.75) is 57.5 Å². The van der Waals surface area contributed by atoms with Gasteiger partial charge in [-0.3, -0.25) is 4.68 Å². The van der Waals surface area contributed by atoms with Crippen LogP contribution in [-0.2, 0) is 9.31 Å². The zero-order valence-corrected chi connectivity index (χ0v) is 13.1. The van der Waals surface area contributed by atoms with Crippen molar-refractivity contribution in [1.82, 2.24) is 15.1 Å². The fourth-order valence-corrected chi connectivity index (χ4v) is 2.74. The first-order chi connectivity index (χ1) is 9.80. The molecule has 2 atom stereocenters. The Morgan fingerprint density at radius 3 is 2.62 bits per heavy atom. The minimum atomic E-state index is -0.912. The van der Waals surface area contributed by atoms with Crippen LogP contribution < -0.4 is 10.8 Å². The fourth-order valence-electron chi connectivity index (χ4n) is 2.74. The number of aromatic nitrogens is 2. The molecule has 0 saturated carbocycles. The van der Waals surface area contributed by atoms with Crippen molar-refractivity contribution < 1.29 is 13.7 Å². The van der Waals surface area contributed by atoms with Gasteiger partial charge >= 0.3 is 7.12 Å². The third kappa shape index (κ3) is 2.62. The molecule has 0 aliphatic carbocycles. The fraction of sp³-hybridized carbons (Fsp3) is 0.786. The van der Waals surface area contributed by atoms with Crippen LogP contribution in [0, 0.1) is 0 Å². The Morgan fingerprint density at radius 2 is 2.00 bits per heavy atom. The topological polar surface area (TPSA) is 48.3 Å². The summed E-state index contributed by atoms with van der Waals surface area (Å²) < 4.78 is 27.7. The lowest BCUT2D eigenvalue weighted by molar-refractivity contribution is 0.00578. The molecular formula is C14H23BFN3O2. The SMILES string of the molecule is CC1(C)OB(c2cnn(C3CCNCC3F)c2)OC1(C)C. The molecule has 3 heterocycles. The van der Waals surface area contributed by atoms with E-state index >= 15 is 0 Å². The van der Waals surface area contributed by atoms with E-state index in [-0.39, 0.29) is 17.2 Å². The number of alkyl halides is 1. The second-order valence-electron chi connectivity index (χ2n) is 6.92. The maximum Gasteiger partial charge on any atom is 0.498 e. The van der Waals surface area contributed by atoms with Gasteiger partial charge in [0.05, 0.1) is 17.2 Å². The molecule has 2 aliphatic rings. The Labute approximate surface area is 125 Å². The van der Waals surface area contributed by atoms with Crippen molar-refractivity contribution in [2.24, 2.45) is 0 Å². The highest BCUT2D eigenvalue weighted by atomic mass is 19.1. The van der Waals surface area contributed by atoms with Gasteiger partial charge in [0.1, 0.15) is 6.17 Å². The molecule has 2 fully saturated rings. The zero-order chi connectivity index (χ0) is 15.3. The van der Waals surface area contributed by atoms with Gasteiger partial charge in [-0.1, -0.05) is 0 Å². The lowest BCUT2D eigenvalue weighted by atomic mass is 9.82. The smallest absolute Gasteiger partial charge is 0.399 e. The van der Waals surface area contributed by atoms with Gasteiger partial charge in [-0.2, -0.15) is 5.10 Å². The van der Waals surface area contributed by atoms with Crippen molar-refractivity contribution in [3.8, 4) is 0 Å². The molecule has 5 nitrogen and oxygen atoms in total. The highest BCUT2D eigenvalue weighted by Gasteiger charge is 2.52. The minimum Gasteiger partial charge on any atom is -0.399 e. The highest BCUT2D eigenvalue weighted by Crippen LogP contribution is 2.36. The van der Waals surface area contributed by atoms with Crippen LogP contribution in [0.3, 0.4) is 0 Å². The van der Waals surface area contributed by atoms with E-state index < -0.39 is 13.3 Å². The van der Waals surface area contributed by atoms with E-state index in [1.165, 1.54) is 0 Å². The largest absolute Gasteiger partial charge is 0.498 e. The first kappa shape index (κ1) is 15.0. The molecule has 2 saturated heterocycles. The molecule has 2 unspecified atom stereocenters. The minimum absolute atomic E-state index is 0.206. The van der Waals surface area contributed by atoms with Crippen LogP contribution >= 0.6 is 0 Å².